The molecule has 2 heteroatoms. The van der Waals surface area contributed by atoms with Crippen LogP contribution >= 0.6 is 0 Å². The summed E-state index contributed by atoms with van der Waals surface area (Å²) in [6.07, 6.45) is 5.02. The number of rotatable bonds is 3. The zero-order chi connectivity index (χ0) is 8.97. The van der Waals surface area contributed by atoms with Crippen LogP contribution in [0.25, 0.3) is 0 Å². The molecule has 0 aliphatic heterocycles. The maximum absolute atomic E-state index is 5.89. The molecule has 2 atom stereocenters. The third-order valence-electron chi connectivity index (χ3n) is 2.53. The highest BCUT2D eigenvalue weighted by Gasteiger charge is 2.18. The summed E-state index contributed by atoms with van der Waals surface area (Å²) in [5, 5.41) is 3.57. The SMILES string of the molecule is CC(C)CNC1CCCC(N)C1. The lowest BCUT2D eigenvalue weighted by Crippen LogP contribution is -2.40. The van der Waals surface area contributed by atoms with E-state index in [9.17, 15) is 0 Å². The third-order valence-corrected chi connectivity index (χ3v) is 2.53. The van der Waals surface area contributed by atoms with E-state index in [1.165, 1.54) is 25.7 Å². The van der Waals surface area contributed by atoms with Crippen LogP contribution in [0.15, 0.2) is 0 Å². The molecule has 2 unspecified atom stereocenters. The van der Waals surface area contributed by atoms with Crippen molar-refractivity contribution in [1.29, 1.82) is 0 Å². The third kappa shape index (κ3) is 3.55. The summed E-state index contributed by atoms with van der Waals surface area (Å²) in [5.74, 6) is 0.753. The first-order valence-corrected chi connectivity index (χ1v) is 5.17. The van der Waals surface area contributed by atoms with Crippen LogP contribution < -0.4 is 11.1 Å². The van der Waals surface area contributed by atoms with Gasteiger partial charge >= 0.3 is 0 Å². The standard InChI is InChI=1S/C10H22N2/c1-8(2)7-12-10-5-3-4-9(11)6-10/h8-10,12H,3-7,11H2,1-2H3. The van der Waals surface area contributed by atoms with Crippen LogP contribution in [-0.4, -0.2) is 18.6 Å². The summed E-state index contributed by atoms with van der Waals surface area (Å²) in [5.41, 5.74) is 5.89. The maximum Gasteiger partial charge on any atom is 0.00819 e. The van der Waals surface area contributed by atoms with E-state index < -0.39 is 0 Å². The van der Waals surface area contributed by atoms with Gasteiger partial charge in [-0.05, 0) is 31.7 Å². The molecule has 2 nitrogen and oxygen atoms in total. The zero-order valence-corrected chi connectivity index (χ0v) is 8.34. The van der Waals surface area contributed by atoms with Crippen molar-refractivity contribution in [3.8, 4) is 0 Å². The topological polar surface area (TPSA) is 38.0 Å². The maximum atomic E-state index is 5.89. The van der Waals surface area contributed by atoms with Crippen LogP contribution in [0.4, 0.5) is 0 Å². The zero-order valence-electron chi connectivity index (χ0n) is 8.34. The number of hydrogen-bond acceptors (Lipinski definition) is 2. The van der Waals surface area contributed by atoms with Crippen LogP contribution in [0.1, 0.15) is 39.5 Å². The summed E-state index contributed by atoms with van der Waals surface area (Å²) in [7, 11) is 0. The van der Waals surface area contributed by atoms with Gasteiger partial charge in [-0.3, -0.25) is 0 Å². The van der Waals surface area contributed by atoms with Gasteiger partial charge in [-0.15, -0.1) is 0 Å². The second-order valence-corrected chi connectivity index (χ2v) is 4.43. The van der Waals surface area contributed by atoms with Gasteiger partial charge in [0.25, 0.3) is 0 Å². The summed E-state index contributed by atoms with van der Waals surface area (Å²) >= 11 is 0. The Balaban J connectivity index is 2.14. The van der Waals surface area contributed by atoms with E-state index in [1.54, 1.807) is 0 Å². The second kappa shape index (κ2) is 4.83. The minimum absolute atomic E-state index is 0.448. The number of hydrogen-bond donors (Lipinski definition) is 2. The summed E-state index contributed by atoms with van der Waals surface area (Å²) in [6.45, 7) is 5.63. The average molecular weight is 170 g/mol. The molecule has 3 N–H and O–H groups in total. The average Bonchev–Trinajstić information content (AvgIpc) is 2.01. The number of nitrogens with two attached hydrogens (primary N) is 1. The lowest BCUT2D eigenvalue weighted by molar-refractivity contribution is 0.328. The summed E-state index contributed by atoms with van der Waals surface area (Å²) < 4.78 is 0. The first-order chi connectivity index (χ1) is 5.68. The van der Waals surface area contributed by atoms with Crippen molar-refractivity contribution in [2.75, 3.05) is 6.54 Å². The van der Waals surface area contributed by atoms with E-state index in [1.807, 2.05) is 0 Å². The predicted octanol–water partition coefficient (Wildman–Crippen LogP) is 1.50. The molecular weight excluding hydrogens is 148 g/mol. The van der Waals surface area contributed by atoms with Crippen LogP contribution in [0.5, 0.6) is 0 Å². The Bertz CT molecular complexity index is 123. The van der Waals surface area contributed by atoms with Crippen molar-refractivity contribution in [2.24, 2.45) is 11.7 Å². The fourth-order valence-corrected chi connectivity index (χ4v) is 1.82. The second-order valence-electron chi connectivity index (χ2n) is 4.43. The molecule has 0 aromatic heterocycles. The molecule has 1 rings (SSSR count). The van der Waals surface area contributed by atoms with E-state index in [2.05, 4.69) is 19.2 Å². The molecule has 1 fully saturated rings. The summed E-state index contributed by atoms with van der Waals surface area (Å²) in [4.78, 5) is 0. The van der Waals surface area contributed by atoms with Gasteiger partial charge in [0.15, 0.2) is 0 Å². The number of nitrogens with one attached hydrogen (secondary N) is 1. The quantitative estimate of drug-likeness (QED) is 0.673. The van der Waals surface area contributed by atoms with Crippen LogP contribution in [0.2, 0.25) is 0 Å². The van der Waals surface area contributed by atoms with Gasteiger partial charge in [0.1, 0.15) is 0 Å². The monoisotopic (exact) mass is 170 g/mol. The summed E-state index contributed by atoms with van der Waals surface area (Å²) in [6, 6.07) is 1.14. The molecule has 0 radical (unpaired) electrons. The Morgan fingerprint density at radius 2 is 2.17 bits per heavy atom. The minimum atomic E-state index is 0.448. The molecule has 0 aromatic carbocycles. The molecule has 0 bridgehead atoms. The van der Waals surface area contributed by atoms with Gasteiger partial charge < -0.3 is 11.1 Å². The molecule has 1 aliphatic rings. The van der Waals surface area contributed by atoms with Crippen molar-refractivity contribution >= 4 is 0 Å². The molecule has 1 saturated carbocycles. The van der Waals surface area contributed by atoms with Gasteiger partial charge in [0, 0.05) is 12.1 Å². The van der Waals surface area contributed by atoms with Gasteiger partial charge in [-0.1, -0.05) is 20.3 Å². The Morgan fingerprint density at radius 3 is 2.75 bits per heavy atom. The van der Waals surface area contributed by atoms with E-state index in [0.29, 0.717) is 12.1 Å². The Labute approximate surface area is 75.9 Å². The Hall–Kier alpha value is -0.0800. The molecule has 0 aromatic rings. The van der Waals surface area contributed by atoms with Crippen molar-refractivity contribution < 1.29 is 0 Å². The molecular formula is C10H22N2. The molecule has 72 valence electrons. The Kier molecular flexibility index (Phi) is 4.02. The smallest absolute Gasteiger partial charge is 0.00819 e. The molecule has 1 aliphatic carbocycles. The van der Waals surface area contributed by atoms with Crippen LogP contribution in [0.3, 0.4) is 0 Å². The molecule has 0 spiro atoms. The van der Waals surface area contributed by atoms with E-state index in [4.69, 9.17) is 5.73 Å². The van der Waals surface area contributed by atoms with E-state index in [0.717, 1.165) is 12.5 Å². The largest absolute Gasteiger partial charge is 0.328 e. The van der Waals surface area contributed by atoms with Crippen LogP contribution in [-0.2, 0) is 0 Å². The molecule has 0 amide bonds. The lowest BCUT2D eigenvalue weighted by Gasteiger charge is -2.28. The molecule has 0 heterocycles. The fraction of sp³-hybridized carbons (Fsp3) is 1.00. The highest BCUT2D eigenvalue weighted by molar-refractivity contribution is 4.79. The highest BCUT2D eigenvalue weighted by atomic mass is 14.9. The van der Waals surface area contributed by atoms with Crippen molar-refractivity contribution in [3.05, 3.63) is 0 Å². The van der Waals surface area contributed by atoms with Crippen LogP contribution in [0, 0.1) is 5.92 Å². The van der Waals surface area contributed by atoms with E-state index in [-0.39, 0.29) is 0 Å². The highest BCUT2D eigenvalue weighted by Crippen LogP contribution is 2.16. The van der Waals surface area contributed by atoms with Crippen molar-refractivity contribution in [2.45, 2.75) is 51.6 Å². The minimum Gasteiger partial charge on any atom is -0.328 e. The Morgan fingerprint density at radius 1 is 1.42 bits per heavy atom. The van der Waals surface area contributed by atoms with Gasteiger partial charge in [-0.25, -0.2) is 0 Å². The van der Waals surface area contributed by atoms with Gasteiger partial charge in [0.05, 0.1) is 0 Å². The first-order valence-electron chi connectivity index (χ1n) is 5.17. The first kappa shape index (κ1) is 10.0. The van der Waals surface area contributed by atoms with Crippen molar-refractivity contribution in [1.82, 2.24) is 5.32 Å². The predicted molar refractivity (Wildman–Crippen MR) is 53.1 cm³/mol. The fourth-order valence-electron chi connectivity index (χ4n) is 1.82. The lowest BCUT2D eigenvalue weighted by atomic mass is 9.91. The van der Waals surface area contributed by atoms with Gasteiger partial charge in [-0.2, -0.15) is 0 Å². The normalized spacial score (nSPS) is 31.0. The molecule has 0 saturated heterocycles. The van der Waals surface area contributed by atoms with Crippen molar-refractivity contribution in [3.63, 3.8) is 0 Å². The van der Waals surface area contributed by atoms with Gasteiger partial charge in [0.2, 0.25) is 0 Å². The van der Waals surface area contributed by atoms with E-state index >= 15 is 0 Å². The molecule has 12 heavy (non-hydrogen) atoms.